The van der Waals surface area contributed by atoms with Crippen molar-refractivity contribution in [3.63, 3.8) is 0 Å². The SMILES string of the molecule is NC(=O)[C@H]1CCN(C(=O)CCCc2ccc(Cl)c(Cl)c2)C1. The molecule has 21 heavy (non-hydrogen) atoms. The Hall–Kier alpha value is -1.26. The summed E-state index contributed by atoms with van der Waals surface area (Å²) < 4.78 is 0. The van der Waals surface area contributed by atoms with Crippen molar-refractivity contribution >= 4 is 35.0 Å². The fourth-order valence-corrected chi connectivity index (χ4v) is 2.84. The van der Waals surface area contributed by atoms with Crippen molar-refractivity contribution < 1.29 is 9.59 Å². The van der Waals surface area contributed by atoms with Gasteiger partial charge in [0.25, 0.3) is 0 Å². The van der Waals surface area contributed by atoms with Crippen molar-refractivity contribution in [2.24, 2.45) is 11.7 Å². The summed E-state index contributed by atoms with van der Waals surface area (Å²) >= 11 is 11.8. The first-order valence-corrected chi connectivity index (χ1v) is 7.74. The topological polar surface area (TPSA) is 63.4 Å². The minimum Gasteiger partial charge on any atom is -0.369 e. The standard InChI is InChI=1S/C15H18Cl2N2O2/c16-12-5-4-10(8-13(12)17)2-1-3-14(20)19-7-6-11(9-19)15(18)21/h4-5,8,11H,1-3,6-7,9H2,(H2,18,21)/t11-/m0/s1. The molecular formula is C15H18Cl2N2O2. The average Bonchev–Trinajstić information content (AvgIpc) is 2.92. The van der Waals surface area contributed by atoms with E-state index in [1.165, 1.54) is 0 Å². The van der Waals surface area contributed by atoms with Crippen LogP contribution in [0.5, 0.6) is 0 Å². The van der Waals surface area contributed by atoms with Gasteiger partial charge in [-0.3, -0.25) is 9.59 Å². The van der Waals surface area contributed by atoms with Crippen molar-refractivity contribution in [1.29, 1.82) is 0 Å². The number of hydrogen-bond donors (Lipinski definition) is 1. The highest BCUT2D eigenvalue weighted by molar-refractivity contribution is 6.42. The summed E-state index contributed by atoms with van der Waals surface area (Å²) in [7, 11) is 0. The predicted octanol–water partition coefficient (Wildman–Crippen LogP) is 2.65. The van der Waals surface area contributed by atoms with E-state index in [4.69, 9.17) is 28.9 Å². The second-order valence-corrected chi connectivity index (χ2v) is 6.14. The van der Waals surface area contributed by atoms with Crippen LogP contribution in [-0.4, -0.2) is 29.8 Å². The van der Waals surface area contributed by atoms with E-state index in [0.717, 1.165) is 18.4 Å². The summed E-state index contributed by atoms with van der Waals surface area (Å²) in [6, 6.07) is 5.50. The molecule has 1 saturated heterocycles. The van der Waals surface area contributed by atoms with Gasteiger partial charge in [-0.15, -0.1) is 0 Å². The monoisotopic (exact) mass is 328 g/mol. The zero-order valence-corrected chi connectivity index (χ0v) is 13.2. The van der Waals surface area contributed by atoms with E-state index in [1.54, 1.807) is 11.0 Å². The van der Waals surface area contributed by atoms with Crippen molar-refractivity contribution in [3.05, 3.63) is 33.8 Å². The lowest BCUT2D eigenvalue weighted by Gasteiger charge is -2.15. The van der Waals surface area contributed by atoms with E-state index >= 15 is 0 Å². The van der Waals surface area contributed by atoms with Crippen molar-refractivity contribution in [3.8, 4) is 0 Å². The Morgan fingerprint density at radius 1 is 1.29 bits per heavy atom. The Morgan fingerprint density at radius 3 is 2.67 bits per heavy atom. The highest BCUT2D eigenvalue weighted by Crippen LogP contribution is 2.23. The smallest absolute Gasteiger partial charge is 0.222 e. The zero-order valence-electron chi connectivity index (χ0n) is 11.6. The van der Waals surface area contributed by atoms with E-state index in [9.17, 15) is 9.59 Å². The van der Waals surface area contributed by atoms with E-state index in [0.29, 0.717) is 36.0 Å². The lowest BCUT2D eigenvalue weighted by Crippen LogP contribution is -2.31. The summed E-state index contributed by atoms with van der Waals surface area (Å²) in [4.78, 5) is 24.9. The summed E-state index contributed by atoms with van der Waals surface area (Å²) in [6.07, 6.45) is 2.66. The average molecular weight is 329 g/mol. The Balaban J connectivity index is 1.77. The van der Waals surface area contributed by atoms with E-state index < -0.39 is 0 Å². The molecule has 0 aromatic heterocycles. The fourth-order valence-electron chi connectivity index (χ4n) is 2.52. The number of hydrogen-bond acceptors (Lipinski definition) is 2. The predicted molar refractivity (Wildman–Crippen MR) is 83.3 cm³/mol. The molecule has 4 nitrogen and oxygen atoms in total. The molecule has 0 bridgehead atoms. The van der Waals surface area contributed by atoms with Gasteiger partial charge in [-0.05, 0) is 37.0 Å². The number of benzene rings is 1. The molecule has 0 radical (unpaired) electrons. The van der Waals surface area contributed by atoms with Crippen LogP contribution in [-0.2, 0) is 16.0 Å². The number of nitrogens with two attached hydrogens (primary N) is 1. The van der Waals surface area contributed by atoms with Gasteiger partial charge in [-0.1, -0.05) is 29.3 Å². The number of halogens is 2. The first-order valence-electron chi connectivity index (χ1n) is 6.98. The largest absolute Gasteiger partial charge is 0.369 e. The molecule has 0 spiro atoms. The van der Waals surface area contributed by atoms with Crippen molar-refractivity contribution in [2.45, 2.75) is 25.7 Å². The number of rotatable bonds is 5. The number of carbonyl (C=O) groups excluding carboxylic acids is 2. The highest BCUT2D eigenvalue weighted by Gasteiger charge is 2.29. The first kappa shape index (κ1) is 16.1. The normalized spacial score (nSPS) is 18.0. The highest BCUT2D eigenvalue weighted by atomic mass is 35.5. The van der Waals surface area contributed by atoms with Crippen LogP contribution in [0.25, 0.3) is 0 Å². The molecule has 2 rings (SSSR count). The van der Waals surface area contributed by atoms with E-state index in [2.05, 4.69) is 0 Å². The maximum atomic E-state index is 12.1. The number of likely N-dealkylation sites (tertiary alicyclic amines) is 1. The summed E-state index contributed by atoms with van der Waals surface area (Å²) in [6.45, 7) is 1.08. The number of carbonyl (C=O) groups is 2. The zero-order chi connectivity index (χ0) is 15.4. The summed E-state index contributed by atoms with van der Waals surface area (Å²) in [5, 5.41) is 1.07. The van der Waals surface area contributed by atoms with Crippen LogP contribution in [0.1, 0.15) is 24.8 Å². The molecule has 0 saturated carbocycles. The van der Waals surface area contributed by atoms with Crippen LogP contribution in [0.15, 0.2) is 18.2 Å². The van der Waals surface area contributed by atoms with Crippen LogP contribution >= 0.6 is 23.2 Å². The summed E-state index contributed by atoms with van der Waals surface area (Å²) in [5.74, 6) is -0.427. The third-order valence-corrected chi connectivity index (χ3v) is 4.52. The van der Waals surface area contributed by atoms with Crippen molar-refractivity contribution in [1.82, 2.24) is 4.90 Å². The molecule has 114 valence electrons. The first-order chi connectivity index (χ1) is 9.97. The molecule has 0 unspecified atom stereocenters. The maximum absolute atomic E-state index is 12.1. The number of nitrogens with zero attached hydrogens (tertiary/aromatic N) is 1. The molecule has 1 fully saturated rings. The van der Waals surface area contributed by atoms with Gasteiger partial charge in [0, 0.05) is 19.5 Å². The lowest BCUT2D eigenvalue weighted by atomic mass is 10.1. The minimum atomic E-state index is -0.318. The Kier molecular flexibility index (Phi) is 5.48. The lowest BCUT2D eigenvalue weighted by molar-refractivity contribution is -0.130. The van der Waals surface area contributed by atoms with E-state index in [-0.39, 0.29) is 17.7 Å². The van der Waals surface area contributed by atoms with Gasteiger partial charge in [0.2, 0.25) is 11.8 Å². The quantitative estimate of drug-likeness (QED) is 0.903. The Labute approximate surface area is 134 Å². The van der Waals surface area contributed by atoms with Gasteiger partial charge >= 0.3 is 0 Å². The maximum Gasteiger partial charge on any atom is 0.222 e. The van der Waals surface area contributed by atoms with Crippen molar-refractivity contribution in [2.75, 3.05) is 13.1 Å². The molecule has 1 heterocycles. The van der Waals surface area contributed by atoms with Crippen LogP contribution in [0.3, 0.4) is 0 Å². The summed E-state index contributed by atoms with van der Waals surface area (Å²) in [5.41, 5.74) is 6.33. The second kappa shape index (κ2) is 7.14. The third-order valence-electron chi connectivity index (χ3n) is 3.78. The molecule has 1 aromatic rings. The van der Waals surface area contributed by atoms with Gasteiger partial charge in [0.1, 0.15) is 0 Å². The minimum absolute atomic E-state index is 0.0822. The molecule has 1 aliphatic rings. The van der Waals surface area contributed by atoms with E-state index in [1.807, 2.05) is 12.1 Å². The second-order valence-electron chi connectivity index (χ2n) is 5.33. The molecule has 1 atom stereocenters. The number of amides is 2. The van der Waals surface area contributed by atoms with Gasteiger partial charge in [0.05, 0.1) is 16.0 Å². The molecule has 1 aromatic carbocycles. The number of aryl methyl sites for hydroxylation is 1. The molecule has 1 aliphatic heterocycles. The molecule has 0 aliphatic carbocycles. The molecular weight excluding hydrogens is 311 g/mol. The van der Waals surface area contributed by atoms with Gasteiger partial charge in [-0.2, -0.15) is 0 Å². The van der Waals surface area contributed by atoms with Crippen LogP contribution in [0, 0.1) is 5.92 Å². The number of primary amides is 1. The van der Waals surface area contributed by atoms with Gasteiger partial charge < -0.3 is 10.6 Å². The fraction of sp³-hybridized carbons (Fsp3) is 0.467. The molecule has 2 amide bonds. The Morgan fingerprint density at radius 2 is 2.05 bits per heavy atom. The van der Waals surface area contributed by atoms with Gasteiger partial charge in [-0.25, -0.2) is 0 Å². The third kappa shape index (κ3) is 4.35. The van der Waals surface area contributed by atoms with Crippen LogP contribution < -0.4 is 5.73 Å². The van der Waals surface area contributed by atoms with Gasteiger partial charge in [0.15, 0.2) is 0 Å². The Bertz CT molecular complexity index is 548. The van der Waals surface area contributed by atoms with Crippen LogP contribution in [0.4, 0.5) is 0 Å². The molecule has 6 heteroatoms. The van der Waals surface area contributed by atoms with Crippen LogP contribution in [0.2, 0.25) is 10.0 Å². The molecule has 2 N–H and O–H groups in total.